The van der Waals surface area contributed by atoms with Crippen LogP contribution >= 0.6 is 0 Å². The molecule has 0 heterocycles. The molecule has 0 fully saturated rings. The Bertz CT molecular complexity index is 662. The molecule has 0 aromatic heterocycles. The highest BCUT2D eigenvalue weighted by atomic mass is 14.4. The molecule has 2 nitrogen and oxygen atoms in total. The first kappa shape index (κ1) is 13.6. The Morgan fingerprint density at radius 3 is 2.40 bits per heavy atom. The summed E-state index contributed by atoms with van der Waals surface area (Å²) < 4.78 is 0. The van der Waals surface area contributed by atoms with Gasteiger partial charge in [-0.05, 0) is 22.8 Å². The lowest BCUT2D eigenvalue weighted by molar-refractivity contribution is 0.649. The summed E-state index contributed by atoms with van der Waals surface area (Å²) in [5, 5.41) is 18.3. The van der Waals surface area contributed by atoms with E-state index in [4.69, 9.17) is 10.5 Å². The first-order valence-electron chi connectivity index (χ1n) is 6.33. The molecule has 2 heteroatoms. The monoisotopic (exact) mass is 258 g/mol. The largest absolute Gasteiger partial charge is 0.196 e. The van der Waals surface area contributed by atoms with Gasteiger partial charge in [-0.3, -0.25) is 0 Å². The first-order chi connectivity index (χ1) is 9.73. The summed E-state index contributed by atoms with van der Waals surface area (Å²) in [5.41, 5.74) is 1.95. The van der Waals surface area contributed by atoms with Crippen molar-refractivity contribution in [2.24, 2.45) is 5.41 Å². The van der Waals surface area contributed by atoms with Gasteiger partial charge in [0.05, 0.1) is 12.1 Å². The Labute approximate surface area is 119 Å². The van der Waals surface area contributed by atoms with Gasteiger partial charge in [-0.1, -0.05) is 61.2 Å². The molecular weight excluding hydrogens is 244 g/mol. The predicted octanol–water partition coefficient (Wildman–Crippen LogP) is 4.18. The molecule has 2 rings (SSSR count). The van der Waals surface area contributed by atoms with Gasteiger partial charge in [0.25, 0.3) is 0 Å². The van der Waals surface area contributed by atoms with E-state index >= 15 is 0 Å². The van der Waals surface area contributed by atoms with Crippen LogP contribution in [0.1, 0.15) is 12.0 Å². The summed E-state index contributed by atoms with van der Waals surface area (Å²) in [6, 6.07) is 14.1. The summed E-state index contributed by atoms with van der Waals surface area (Å²) in [7, 11) is 0. The number of benzene rings is 1. The lowest BCUT2D eigenvalue weighted by Gasteiger charge is -2.20. The average molecular weight is 258 g/mol. The minimum Gasteiger partial charge on any atom is -0.196 e. The molecule has 1 aliphatic rings. The van der Waals surface area contributed by atoms with Crippen molar-refractivity contribution >= 4 is 6.08 Å². The second kappa shape index (κ2) is 5.87. The van der Waals surface area contributed by atoms with Crippen LogP contribution in [0.3, 0.4) is 0 Å². The van der Waals surface area contributed by atoms with Crippen molar-refractivity contribution in [1.29, 1.82) is 10.5 Å². The SMILES string of the molecule is C=CC1=C(C=Cc2ccccc2)C=CC(C#N)(C#N)C1. The quantitative estimate of drug-likeness (QED) is 0.816. The lowest BCUT2D eigenvalue weighted by atomic mass is 9.78. The number of allylic oxidation sites excluding steroid dienone is 6. The second-order valence-electron chi connectivity index (χ2n) is 4.63. The van der Waals surface area contributed by atoms with Crippen LogP contribution in [0.15, 0.2) is 72.4 Å². The molecule has 0 saturated heterocycles. The van der Waals surface area contributed by atoms with Gasteiger partial charge in [0, 0.05) is 6.42 Å². The van der Waals surface area contributed by atoms with Gasteiger partial charge < -0.3 is 0 Å². The molecule has 0 aliphatic heterocycles. The zero-order valence-electron chi connectivity index (χ0n) is 11.1. The van der Waals surface area contributed by atoms with Crippen molar-refractivity contribution < 1.29 is 0 Å². The molecule has 96 valence electrons. The molecule has 0 N–H and O–H groups in total. The third-order valence-corrected chi connectivity index (χ3v) is 3.29. The highest BCUT2D eigenvalue weighted by Crippen LogP contribution is 2.34. The molecular formula is C18H14N2. The first-order valence-corrected chi connectivity index (χ1v) is 6.33. The number of hydrogen-bond donors (Lipinski definition) is 0. The van der Waals surface area contributed by atoms with Crippen LogP contribution in [-0.2, 0) is 0 Å². The number of nitriles is 2. The normalized spacial score (nSPS) is 16.7. The van der Waals surface area contributed by atoms with E-state index in [9.17, 15) is 0 Å². The number of hydrogen-bond acceptors (Lipinski definition) is 2. The summed E-state index contributed by atoms with van der Waals surface area (Å²) in [6.07, 6.45) is 9.60. The summed E-state index contributed by atoms with van der Waals surface area (Å²) in [6.45, 7) is 3.78. The lowest BCUT2D eigenvalue weighted by Crippen LogP contribution is -2.16. The van der Waals surface area contributed by atoms with Crippen molar-refractivity contribution in [3.63, 3.8) is 0 Å². The fraction of sp³-hybridized carbons (Fsp3) is 0.111. The molecule has 0 spiro atoms. The van der Waals surface area contributed by atoms with E-state index in [1.807, 2.05) is 48.6 Å². The summed E-state index contributed by atoms with van der Waals surface area (Å²) >= 11 is 0. The maximum absolute atomic E-state index is 9.15. The van der Waals surface area contributed by atoms with Gasteiger partial charge >= 0.3 is 0 Å². The van der Waals surface area contributed by atoms with Crippen molar-refractivity contribution in [2.75, 3.05) is 0 Å². The standard InChI is InChI=1S/C18H14N2/c1-2-16-12-18(13-19,14-20)11-10-17(16)9-8-15-6-4-3-5-7-15/h2-11H,1,12H2. The third-order valence-electron chi connectivity index (χ3n) is 3.29. The Balaban J connectivity index is 2.29. The summed E-state index contributed by atoms with van der Waals surface area (Å²) in [5.74, 6) is 0. The second-order valence-corrected chi connectivity index (χ2v) is 4.63. The molecule has 0 bridgehead atoms. The Morgan fingerprint density at radius 2 is 1.80 bits per heavy atom. The smallest absolute Gasteiger partial charge is 0.166 e. The average Bonchev–Trinajstić information content (AvgIpc) is 2.53. The Morgan fingerprint density at radius 1 is 1.10 bits per heavy atom. The molecule has 0 unspecified atom stereocenters. The molecule has 0 radical (unpaired) electrons. The van der Waals surface area contributed by atoms with E-state index in [1.165, 1.54) is 0 Å². The fourth-order valence-electron chi connectivity index (χ4n) is 2.08. The summed E-state index contributed by atoms with van der Waals surface area (Å²) in [4.78, 5) is 0. The van der Waals surface area contributed by atoms with Gasteiger partial charge in [0.15, 0.2) is 5.41 Å². The highest BCUT2D eigenvalue weighted by Gasteiger charge is 2.30. The van der Waals surface area contributed by atoms with Gasteiger partial charge in [-0.2, -0.15) is 10.5 Å². The van der Waals surface area contributed by atoms with E-state index in [0.717, 1.165) is 16.7 Å². The number of rotatable bonds is 3. The molecule has 0 atom stereocenters. The van der Waals surface area contributed by atoms with Crippen LogP contribution in [0, 0.1) is 28.1 Å². The van der Waals surface area contributed by atoms with E-state index in [0.29, 0.717) is 6.42 Å². The van der Waals surface area contributed by atoms with Crippen LogP contribution in [0.25, 0.3) is 6.08 Å². The van der Waals surface area contributed by atoms with E-state index in [2.05, 4.69) is 18.7 Å². The van der Waals surface area contributed by atoms with Crippen molar-refractivity contribution in [2.45, 2.75) is 6.42 Å². The topological polar surface area (TPSA) is 47.6 Å². The van der Waals surface area contributed by atoms with Gasteiger partial charge in [0.2, 0.25) is 0 Å². The Kier molecular flexibility index (Phi) is 3.99. The maximum Gasteiger partial charge on any atom is 0.166 e. The maximum atomic E-state index is 9.15. The van der Waals surface area contributed by atoms with Crippen molar-refractivity contribution in [3.05, 3.63) is 77.9 Å². The van der Waals surface area contributed by atoms with E-state index in [1.54, 1.807) is 12.2 Å². The third kappa shape index (κ3) is 2.76. The van der Waals surface area contributed by atoms with Crippen molar-refractivity contribution in [3.8, 4) is 12.1 Å². The fourth-order valence-corrected chi connectivity index (χ4v) is 2.08. The van der Waals surface area contributed by atoms with Gasteiger partial charge in [0.1, 0.15) is 0 Å². The van der Waals surface area contributed by atoms with Crippen LogP contribution in [0.5, 0.6) is 0 Å². The molecule has 1 aromatic carbocycles. The molecule has 20 heavy (non-hydrogen) atoms. The van der Waals surface area contributed by atoms with Crippen LogP contribution in [-0.4, -0.2) is 0 Å². The molecule has 1 aliphatic carbocycles. The Hall–Kier alpha value is -2.84. The van der Waals surface area contributed by atoms with E-state index in [-0.39, 0.29) is 0 Å². The van der Waals surface area contributed by atoms with Crippen LogP contribution in [0.2, 0.25) is 0 Å². The molecule has 0 amide bonds. The molecule has 1 aromatic rings. The van der Waals surface area contributed by atoms with Gasteiger partial charge in [-0.25, -0.2) is 0 Å². The minimum atomic E-state index is -1.06. The van der Waals surface area contributed by atoms with Crippen molar-refractivity contribution in [1.82, 2.24) is 0 Å². The van der Waals surface area contributed by atoms with Gasteiger partial charge in [-0.15, -0.1) is 0 Å². The van der Waals surface area contributed by atoms with Crippen LogP contribution < -0.4 is 0 Å². The minimum absolute atomic E-state index is 0.383. The molecule has 0 saturated carbocycles. The predicted molar refractivity (Wildman–Crippen MR) is 80.1 cm³/mol. The van der Waals surface area contributed by atoms with E-state index < -0.39 is 5.41 Å². The zero-order valence-corrected chi connectivity index (χ0v) is 11.1. The highest BCUT2D eigenvalue weighted by molar-refractivity contribution is 5.58. The van der Waals surface area contributed by atoms with Crippen LogP contribution in [0.4, 0.5) is 0 Å². The zero-order chi connectivity index (χ0) is 14.4. The number of nitrogens with zero attached hydrogens (tertiary/aromatic N) is 2.